The highest BCUT2D eigenvalue weighted by Gasteiger charge is 2.36. The fourth-order valence-corrected chi connectivity index (χ4v) is 1.94. The summed E-state index contributed by atoms with van der Waals surface area (Å²) in [5.41, 5.74) is 5.31. The number of carbonyl (C=O) groups excluding carboxylic acids is 2. The van der Waals surface area contributed by atoms with E-state index < -0.39 is 29.9 Å². The number of hydrogen-bond acceptors (Lipinski definition) is 5. The van der Waals surface area contributed by atoms with Crippen LogP contribution in [0, 0.1) is 0 Å². The Hall–Kier alpha value is -1.89. The van der Waals surface area contributed by atoms with E-state index in [4.69, 9.17) is 15.6 Å². The summed E-state index contributed by atoms with van der Waals surface area (Å²) in [7, 11) is 0. The summed E-state index contributed by atoms with van der Waals surface area (Å²) in [4.78, 5) is 35.6. The van der Waals surface area contributed by atoms with Crippen molar-refractivity contribution in [3.63, 3.8) is 0 Å². The van der Waals surface area contributed by atoms with Gasteiger partial charge in [0.2, 0.25) is 5.91 Å². The molecule has 0 spiro atoms. The van der Waals surface area contributed by atoms with Crippen molar-refractivity contribution < 1.29 is 24.2 Å². The Kier molecular flexibility index (Phi) is 5.50. The predicted octanol–water partition coefficient (Wildman–Crippen LogP) is -0.491. The lowest BCUT2D eigenvalue weighted by Gasteiger charge is -2.23. The van der Waals surface area contributed by atoms with E-state index in [0.29, 0.717) is 19.4 Å². The number of hydrogen-bond donors (Lipinski definition) is 2. The van der Waals surface area contributed by atoms with Crippen LogP contribution in [0.3, 0.4) is 0 Å². The van der Waals surface area contributed by atoms with E-state index in [1.807, 2.05) is 0 Å². The Morgan fingerprint density at radius 1 is 1.53 bits per heavy atom. The van der Waals surface area contributed by atoms with Gasteiger partial charge in [0.1, 0.15) is 18.7 Å². The highest BCUT2D eigenvalue weighted by Crippen LogP contribution is 2.19. The summed E-state index contributed by atoms with van der Waals surface area (Å²) >= 11 is 0. The Morgan fingerprint density at radius 3 is 2.79 bits per heavy atom. The topological polar surface area (TPSA) is 110 Å². The Balaban J connectivity index is 2.60. The first-order chi connectivity index (χ1) is 8.97. The Morgan fingerprint density at radius 2 is 2.21 bits per heavy atom. The minimum atomic E-state index is -1.25. The van der Waals surface area contributed by atoms with Gasteiger partial charge in [0.25, 0.3) is 0 Å². The number of nitrogens with two attached hydrogens (primary N) is 1. The van der Waals surface area contributed by atoms with E-state index >= 15 is 0 Å². The van der Waals surface area contributed by atoms with Crippen molar-refractivity contribution in [1.82, 2.24) is 4.90 Å². The second kappa shape index (κ2) is 6.89. The van der Waals surface area contributed by atoms with Gasteiger partial charge >= 0.3 is 11.9 Å². The highest BCUT2D eigenvalue weighted by molar-refractivity contribution is 5.88. The van der Waals surface area contributed by atoms with Crippen LogP contribution in [0.2, 0.25) is 0 Å². The fourth-order valence-electron chi connectivity index (χ4n) is 1.94. The lowest BCUT2D eigenvalue weighted by molar-refractivity contribution is -0.153. The predicted molar refractivity (Wildman–Crippen MR) is 66.1 cm³/mol. The Labute approximate surface area is 111 Å². The summed E-state index contributed by atoms with van der Waals surface area (Å²) < 4.78 is 4.91. The van der Waals surface area contributed by atoms with E-state index in [1.165, 1.54) is 11.0 Å². The summed E-state index contributed by atoms with van der Waals surface area (Å²) in [6.07, 6.45) is 2.33. The molecule has 0 bridgehead atoms. The largest absolute Gasteiger partial charge is 0.480 e. The van der Waals surface area contributed by atoms with Gasteiger partial charge in [-0.25, -0.2) is 4.79 Å². The molecule has 19 heavy (non-hydrogen) atoms. The second-order valence-corrected chi connectivity index (χ2v) is 4.31. The third-order valence-corrected chi connectivity index (χ3v) is 2.90. The Bertz CT molecular complexity index is 382. The molecule has 1 fully saturated rings. The van der Waals surface area contributed by atoms with Gasteiger partial charge in [-0.3, -0.25) is 9.59 Å². The van der Waals surface area contributed by atoms with Crippen LogP contribution in [0.4, 0.5) is 0 Å². The van der Waals surface area contributed by atoms with Crippen molar-refractivity contribution in [2.75, 3.05) is 13.2 Å². The molecular formula is C12H18N2O5. The maximum atomic E-state index is 11.9. The van der Waals surface area contributed by atoms with Crippen LogP contribution in [-0.2, 0) is 19.1 Å². The van der Waals surface area contributed by atoms with Gasteiger partial charge in [-0.2, -0.15) is 0 Å². The molecule has 0 aromatic heterocycles. The van der Waals surface area contributed by atoms with E-state index in [0.717, 1.165) is 0 Å². The van der Waals surface area contributed by atoms with Crippen LogP contribution in [-0.4, -0.2) is 53.1 Å². The molecule has 1 amide bonds. The number of esters is 1. The standard InChI is InChI=1S/C12H18N2O5/c1-2-6-19-12(18)9-4-3-5-14(9)10(15)7-8(13)11(16)17/h2,8-9H,1,3-7,13H2,(H,16,17)/t8?,9-/m1/s1. The van der Waals surface area contributed by atoms with Gasteiger partial charge in [-0.15, -0.1) is 0 Å². The van der Waals surface area contributed by atoms with Gasteiger partial charge in [-0.05, 0) is 12.8 Å². The van der Waals surface area contributed by atoms with Gasteiger partial charge in [-0.1, -0.05) is 12.7 Å². The van der Waals surface area contributed by atoms with Crippen molar-refractivity contribution in [3.8, 4) is 0 Å². The molecule has 1 saturated heterocycles. The summed E-state index contributed by atoms with van der Waals surface area (Å²) in [6, 6.07) is -1.90. The number of carbonyl (C=O) groups is 3. The molecular weight excluding hydrogens is 252 g/mol. The van der Waals surface area contributed by atoms with Crippen LogP contribution >= 0.6 is 0 Å². The third-order valence-electron chi connectivity index (χ3n) is 2.90. The number of aliphatic carboxylic acids is 1. The molecule has 1 rings (SSSR count). The maximum absolute atomic E-state index is 11.9. The van der Waals surface area contributed by atoms with Crippen LogP contribution in [0.15, 0.2) is 12.7 Å². The van der Waals surface area contributed by atoms with Crippen molar-refractivity contribution in [3.05, 3.63) is 12.7 Å². The normalized spacial score (nSPS) is 19.8. The average molecular weight is 270 g/mol. The van der Waals surface area contributed by atoms with Crippen LogP contribution < -0.4 is 5.73 Å². The number of nitrogens with zero attached hydrogens (tertiary/aromatic N) is 1. The van der Waals surface area contributed by atoms with Crippen molar-refractivity contribution in [2.24, 2.45) is 5.73 Å². The van der Waals surface area contributed by atoms with E-state index in [-0.39, 0.29) is 13.0 Å². The quantitative estimate of drug-likeness (QED) is 0.498. The molecule has 1 aliphatic heterocycles. The first kappa shape index (κ1) is 15.2. The number of carboxylic acid groups (broad SMARTS) is 1. The SMILES string of the molecule is C=CCOC(=O)[C@H]1CCCN1C(=O)CC(N)C(=O)O. The molecule has 106 valence electrons. The zero-order valence-electron chi connectivity index (χ0n) is 10.6. The van der Waals surface area contributed by atoms with E-state index in [1.54, 1.807) is 0 Å². The van der Waals surface area contributed by atoms with Gasteiger partial charge in [0.05, 0.1) is 6.42 Å². The van der Waals surface area contributed by atoms with Crippen LogP contribution in [0.1, 0.15) is 19.3 Å². The molecule has 1 aliphatic rings. The highest BCUT2D eigenvalue weighted by atomic mass is 16.5. The summed E-state index contributed by atoms with van der Waals surface area (Å²) in [5, 5.41) is 8.67. The molecule has 1 unspecified atom stereocenters. The van der Waals surface area contributed by atoms with Crippen molar-refractivity contribution in [2.45, 2.75) is 31.3 Å². The second-order valence-electron chi connectivity index (χ2n) is 4.31. The number of carboxylic acids is 1. The molecule has 0 aliphatic carbocycles. The van der Waals surface area contributed by atoms with E-state index in [9.17, 15) is 14.4 Å². The minimum Gasteiger partial charge on any atom is -0.480 e. The zero-order valence-corrected chi connectivity index (χ0v) is 10.6. The number of amides is 1. The van der Waals surface area contributed by atoms with E-state index in [2.05, 4.69) is 6.58 Å². The van der Waals surface area contributed by atoms with Gasteiger partial charge in [0.15, 0.2) is 0 Å². The molecule has 7 heteroatoms. The molecule has 7 nitrogen and oxygen atoms in total. The number of ether oxygens (including phenoxy) is 1. The van der Waals surface area contributed by atoms with Crippen molar-refractivity contribution in [1.29, 1.82) is 0 Å². The summed E-state index contributed by atoms with van der Waals surface area (Å²) in [6.45, 7) is 3.94. The molecule has 0 aromatic rings. The smallest absolute Gasteiger partial charge is 0.329 e. The van der Waals surface area contributed by atoms with Gasteiger partial charge < -0.3 is 20.5 Å². The number of likely N-dealkylation sites (tertiary alicyclic amines) is 1. The monoisotopic (exact) mass is 270 g/mol. The van der Waals surface area contributed by atoms with Gasteiger partial charge in [0, 0.05) is 6.54 Å². The summed E-state index contributed by atoms with van der Waals surface area (Å²) in [5.74, 6) is -2.17. The zero-order chi connectivity index (χ0) is 14.4. The molecule has 1 heterocycles. The lowest BCUT2D eigenvalue weighted by atomic mass is 10.2. The first-order valence-electron chi connectivity index (χ1n) is 6.02. The molecule has 2 atom stereocenters. The molecule has 0 saturated carbocycles. The van der Waals surface area contributed by atoms with Crippen LogP contribution in [0.25, 0.3) is 0 Å². The first-order valence-corrected chi connectivity index (χ1v) is 6.02. The fraction of sp³-hybridized carbons (Fsp3) is 0.583. The average Bonchev–Trinajstić information content (AvgIpc) is 2.84. The molecule has 0 aromatic carbocycles. The lowest BCUT2D eigenvalue weighted by Crippen LogP contribution is -2.44. The number of rotatable bonds is 6. The molecule has 3 N–H and O–H groups in total. The minimum absolute atomic E-state index is 0.0893. The maximum Gasteiger partial charge on any atom is 0.329 e. The third kappa shape index (κ3) is 4.06. The van der Waals surface area contributed by atoms with Crippen LogP contribution in [0.5, 0.6) is 0 Å². The molecule has 0 radical (unpaired) electrons. The van der Waals surface area contributed by atoms with Crippen molar-refractivity contribution >= 4 is 17.8 Å².